The number of anilines is 1. The van der Waals surface area contributed by atoms with Crippen LogP contribution in [-0.2, 0) is 4.79 Å². The third-order valence-corrected chi connectivity index (χ3v) is 3.53. The highest BCUT2D eigenvalue weighted by Crippen LogP contribution is 2.25. The lowest BCUT2D eigenvalue weighted by Gasteiger charge is -2.18. The van der Waals surface area contributed by atoms with E-state index in [1.807, 2.05) is 24.3 Å². The normalized spacial score (nSPS) is 15.5. The summed E-state index contributed by atoms with van der Waals surface area (Å²) >= 11 is 0. The summed E-state index contributed by atoms with van der Waals surface area (Å²) < 4.78 is 5.90. The Balaban J connectivity index is 1.95. The average molecular weight is 262 g/mol. The van der Waals surface area contributed by atoms with E-state index in [0.29, 0.717) is 12.6 Å². The Morgan fingerprint density at radius 1 is 1.32 bits per heavy atom. The number of hydrogen-bond acceptors (Lipinski definition) is 3. The largest absolute Gasteiger partial charge is 0.490 e. The number of amides is 1. The number of ether oxygens (including phenoxy) is 1. The molecule has 0 aliphatic heterocycles. The van der Waals surface area contributed by atoms with Crippen LogP contribution >= 0.6 is 0 Å². The molecule has 104 valence electrons. The van der Waals surface area contributed by atoms with Gasteiger partial charge in [0.15, 0.2) is 0 Å². The molecule has 0 bridgehead atoms. The zero-order valence-corrected chi connectivity index (χ0v) is 11.7. The lowest BCUT2D eigenvalue weighted by molar-refractivity contribution is -0.117. The van der Waals surface area contributed by atoms with Crippen molar-refractivity contribution in [2.24, 2.45) is 0 Å². The van der Waals surface area contributed by atoms with Gasteiger partial charge in [-0.15, -0.1) is 0 Å². The fourth-order valence-electron chi connectivity index (χ4n) is 2.36. The molecule has 1 aromatic rings. The highest BCUT2D eigenvalue weighted by molar-refractivity contribution is 5.94. The summed E-state index contributed by atoms with van der Waals surface area (Å²) in [5, 5.41) is 2.86. The fraction of sp³-hybridized carbons (Fsp3) is 0.533. The van der Waals surface area contributed by atoms with Gasteiger partial charge in [0.2, 0.25) is 5.91 Å². The third-order valence-electron chi connectivity index (χ3n) is 3.53. The smallest absolute Gasteiger partial charge is 0.240 e. The van der Waals surface area contributed by atoms with Crippen molar-refractivity contribution in [2.75, 3.05) is 25.5 Å². The molecule has 1 aromatic carbocycles. The average Bonchev–Trinajstić information content (AvgIpc) is 2.92. The number of benzene rings is 1. The second-order valence-corrected chi connectivity index (χ2v) is 5.00. The first-order chi connectivity index (χ1) is 9.20. The zero-order valence-electron chi connectivity index (χ0n) is 11.7. The van der Waals surface area contributed by atoms with E-state index in [1.165, 1.54) is 12.8 Å². The molecule has 0 heterocycles. The standard InChI is InChI=1S/C15H22N2O2/c1-16-11-15(18)17(2)12-7-9-14(10-8-12)19-13-5-3-4-6-13/h7-10,13,16H,3-6,11H2,1-2H3. The van der Waals surface area contributed by atoms with Crippen molar-refractivity contribution in [1.82, 2.24) is 5.32 Å². The van der Waals surface area contributed by atoms with E-state index >= 15 is 0 Å². The molecule has 1 N–H and O–H groups in total. The lowest BCUT2D eigenvalue weighted by Crippen LogP contribution is -2.34. The van der Waals surface area contributed by atoms with Crippen molar-refractivity contribution < 1.29 is 9.53 Å². The van der Waals surface area contributed by atoms with Crippen molar-refractivity contribution in [3.05, 3.63) is 24.3 Å². The van der Waals surface area contributed by atoms with Gasteiger partial charge in [0, 0.05) is 12.7 Å². The van der Waals surface area contributed by atoms with Crippen LogP contribution in [0.15, 0.2) is 24.3 Å². The summed E-state index contributed by atoms with van der Waals surface area (Å²) in [5.74, 6) is 0.942. The quantitative estimate of drug-likeness (QED) is 0.884. The molecule has 4 nitrogen and oxygen atoms in total. The van der Waals surface area contributed by atoms with Gasteiger partial charge in [-0.1, -0.05) is 0 Å². The summed E-state index contributed by atoms with van der Waals surface area (Å²) in [6, 6.07) is 7.74. The van der Waals surface area contributed by atoms with Crippen LogP contribution in [0.1, 0.15) is 25.7 Å². The molecule has 0 saturated heterocycles. The zero-order chi connectivity index (χ0) is 13.7. The molecule has 1 amide bonds. The third kappa shape index (κ3) is 3.70. The fourth-order valence-corrected chi connectivity index (χ4v) is 2.36. The van der Waals surface area contributed by atoms with Crippen molar-refractivity contribution in [2.45, 2.75) is 31.8 Å². The van der Waals surface area contributed by atoms with Crippen LogP contribution in [-0.4, -0.2) is 32.7 Å². The van der Waals surface area contributed by atoms with E-state index in [4.69, 9.17) is 4.74 Å². The van der Waals surface area contributed by atoms with Gasteiger partial charge in [-0.25, -0.2) is 0 Å². The molecule has 1 aliphatic rings. The number of nitrogens with one attached hydrogen (secondary N) is 1. The predicted octanol–water partition coefficient (Wildman–Crippen LogP) is 2.19. The van der Waals surface area contributed by atoms with E-state index in [9.17, 15) is 4.79 Å². The van der Waals surface area contributed by atoms with Gasteiger partial charge in [-0.2, -0.15) is 0 Å². The van der Waals surface area contributed by atoms with Gasteiger partial charge in [0.1, 0.15) is 5.75 Å². The molecule has 1 saturated carbocycles. The lowest BCUT2D eigenvalue weighted by atomic mass is 10.2. The van der Waals surface area contributed by atoms with Crippen LogP contribution in [0, 0.1) is 0 Å². The Hall–Kier alpha value is -1.55. The molecule has 2 rings (SSSR count). The molecule has 0 spiro atoms. The summed E-state index contributed by atoms with van der Waals surface area (Å²) in [6.07, 6.45) is 5.22. The molecule has 1 aliphatic carbocycles. The Labute approximate surface area is 114 Å². The van der Waals surface area contributed by atoms with Gasteiger partial charge in [0.25, 0.3) is 0 Å². The van der Waals surface area contributed by atoms with E-state index < -0.39 is 0 Å². The van der Waals surface area contributed by atoms with Gasteiger partial charge in [0.05, 0.1) is 12.6 Å². The molecule has 0 unspecified atom stereocenters. The second kappa shape index (κ2) is 6.57. The van der Waals surface area contributed by atoms with Crippen LogP contribution < -0.4 is 15.0 Å². The van der Waals surface area contributed by atoms with Crippen LogP contribution in [0.2, 0.25) is 0 Å². The maximum atomic E-state index is 11.7. The maximum Gasteiger partial charge on any atom is 0.240 e. The highest BCUT2D eigenvalue weighted by atomic mass is 16.5. The number of hydrogen-bond donors (Lipinski definition) is 1. The minimum Gasteiger partial charge on any atom is -0.490 e. The van der Waals surface area contributed by atoms with Crippen molar-refractivity contribution in [1.29, 1.82) is 0 Å². The molecule has 0 aromatic heterocycles. The molecular formula is C15H22N2O2. The summed E-state index contributed by atoms with van der Waals surface area (Å²) in [5.41, 5.74) is 0.888. The molecule has 19 heavy (non-hydrogen) atoms. The van der Waals surface area contributed by atoms with Crippen molar-refractivity contribution in [3.63, 3.8) is 0 Å². The first kappa shape index (κ1) is 13.9. The van der Waals surface area contributed by atoms with Crippen LogP contribution in [0.3, 0.4) is 0 Å². The van der Waals surface area contributed by atoms with E-state index in [-0.39, 0.29) is 5.91 Å². The molecule has 0 atom stereocenters. The van der Waals surface area contributed by atoms with Crippen molar-refractivity contribution >= 4 is 11.6 Å². The topological polar surface area (TPSA) is 41.6 Å². The summed E-state index contributed by atoms with van der Waals surface area (Å²) in [6.45, 7) is 0.344. The molecule has 4 heteroatoms. The number of nitrogens with zero attached hydrogens (tertiary/aromatic N) is 1. The predicted molar refractivity (Wildman–Crippen MR) is 76.7 cm³/mol. The maximum absolute atomic E-state index is 11.7. The Kier molecular flexibility index (Phi) is 4.80. The van der Waals surface area contributed by atoms with E-state index in [2.05, 4.69) is 5.32 Å². The Morgan fingerprint density at radius 2 is 1.95 bits per heavy atom. The number of likely N-dealkylation sites (N-methyl/N-ethyl adjacent to an activating group) is 2. The van der Waals surface area contributed by atoms with E-state index in [1.54, 1.807) is 19.0 Å². The van der Waals surface area contributed by atoms with Crippen LogP contribution in [0.5, 0.6) is 5.75 Å². The molecular weight excluding hydrogens is 240 g/mol. The summed E-state index contributed by atoms with van der Waals surface area (Å²) in [4.78, 5) is 13.4. The Morgan fingerprint density at radius 3 is 2.53 bits per heavy atom. The number of carbonyl (C=O) groups is 1. The molecule has 1 fully saturated rings. The van der Waals surface area contributed by atoms with Gasteiger partial charge >= 0.3 is 0 Å². The van der Waals surface area contributed by atoms with Gasteiger partial charge in [-0.3, -0.25) is 4.79 Å². The van der Waals surface area contributed by atoms with Crippen molar-refractivity contribution in [3.8, 4) is 5.75 Å². The minimum atomic E-state index is 0.0481. The van der Waals surface area contributed by atoms with E-state index in [0.717, 1.165) is 24.3 Å². The first-order valence-electron chi connectivity index (χ1n) is 6.88. The second-order valence-electron chi connectivity index (χ2n) is 5.00. The van der Waals surface area contributed by atoms with Crippen LogP contribution in [0.4, 0.5) is 5.69 Å². The highest BCUT2D eigenvalue weighted by Gasteiger charge is 2.16. The molecule has 0 radical (unpaired) electrons. The van der Waals surface area contributed by atoms with Crippen LogP contribution in [0.25, 0.3) is 0 Å². The number of carbonyl (C=O) groups excluding carboxylic acids is 1. The summed E-state index contributed by atoms with van der Waals surface area (Å²) in [7, 11) is 3.55. The minimum absolute atomic E-state index is 0.0481. The van der Waals surface area contributed by atoms with Gasteiger partial charge in [-0.05, 0) is 57.0 Å². The first-order valence-corrected chi connectivity index (χ1v) is 6.88. The number of rotatable bonds is 5. The SMILES string of the molecule is CNCC(=O)N(C)c1ccc(OC2CCCC2)cc1. The van der Waals surface area contributed by atoms with Gasteiger partial charge < -0.3 is 15.0 Å². The monoisotopic (exact) mass is 262 g/mol. The Bertz CT molecular complexity index is 411.